The SMILES string of the molecule is C#Cc1ccc2c(c1)C(C)(C)CCS2.CC1(C)CCSc2ccc(C#Cc3cnc(C#N)nc3)cc21.N#Cc1ncc(Cl)cn1. The maximum absolute atomic E-state index is 8.68. The number of nitrogens with zero attached hydrogens (tertiary/aromatic N) is 6. The molecule has 45 heavy (non-hydrogen) atoms. The highest BCUT2D eigenvalue weighted by atomic mass is 35.5. The maximum atomic E-state index is 8.68. The molecule has 4 heterocycles. The van der Waals surface area contributed by atoms with Crippen molar-refractivity contribution in [2.45, 2.75) is 61.2 Å². The Labute approximate surface area is 279 Å². The molecule has 0 atom stereocenters. The van der Waals surface area contributed by atoms with Crippen molar-refractivity contribution in [1.29, 1.82) is 10.5 Å². The molecule has 2 aliphatic heterocycles. The van der Waals surface area contributed by atoms with Crippen LogP contribution in [-0.4, -0.2) is 31.4 Å². The number of rotatable bonds is 0. The van der Waals surface area contributed by atoms with Gasteiger partial charge in [-0.15, -0.1) is 29.9 Å². The van der Waals surface area contributed by atoms with Crippen molar-refractivity contribution in [2.75, 3.05) is 11.5 Å². The highest BCUT2D eigenvalue weighted by molar-refractivity contribution is 7.99. The second-order valence-corrected chi connectivity index (χ2v) is 14.2. The Kier molecular flexibility index (Phi) is 11.3. The summed E-state index contributed by atoms with van der Waals surface area (Å²) in [5, 5.41) is 17.3. The van der Waals surface area contributed by atoms with Gasteiger partial charge in [0.25, 0.3) is 0 Å². The van der Waals surface area contributed by atoms with E-state index in [1.165, 1.54) is 57.7 Å². The van der Waals surface area contributed by atoms with Crippen LogP contribution in [0.25, 0.3) is 0 Å². The number of halogens is 1. The summed E-state index contributed by atoms with van der Waals surface area (Å²) in [7, 11) is 0. The highest BCUT2D eigenvalue weighted by Gasteiger charge is 2.28. The monoisotopic (exact) mass is 646 g/mol. The molecule has 9 heteroatoms. The lowest BCUT2D eigenvalue weighted by molar-refractivity contribution is 0.494. The minimum Gasteiger partial charge on any atom is -0.226 e. The minimum atomic E-state index is 0.138. The lowest BCUT2D eigenvalue weighted by Gasteiger charge is -2.32. The minimum absolute atomic E-state index is 0.138. The Morgan fingerprint density at radius 2 is 1.13 bits per heavy atom. The standard InChI is InChI=1S/C18H15N3S.C13H14S.C5H2ClN3/c1-18(2)7-8-22-16-6-5-13(9-15(16)18)3-4-14-11-20-17(10-19)21-12-14;1-4-10-5-6-12-11(9-10)13(2,3)7-8-14-12;6-4-2-8-5(1-7)9-3-4/h5-6,9,11-12H,7-8H2,1-2H3;1,5-6,9H,7-8H2,2-3H3;2-3H. The fourth-order valence-electron chi connectivity index (χ4n) is 4.60. The van der Waals surface area contributed by atoms with Crippen molar-refractivity contribution >= 4 is 35.1 Å². The van der Waals surface area contributed by atoms with Gasteiger partial charge in [0.2, 0.25) is 11.6 Å². The average molecular weight is 647 g/mol. The normalized spacial score (nSPS) is 14.8. The van der Waals surface area contributed by atoms with Crippen molar-refractivity contribution in [3.05, 3.63) is 106 Å². The van der Waals surface area contributed by atoms with Crippen LogP contribution >= 0.6 is 35.1 Å². The number of fused-ring (bicyclic) bond motifs is 2. The lowest BCUT2D eigenvalue weighted by atomic mass is 9.81. The van der Waals surface area contributed by atoms with Gasteiger partial charge in [-0.05, 0) is 82.7 Å². The first-order valence-electron chi connectivity index (χ1n) is 14.2. The van der Waals surface area contributed by atoms with Gasteiger partial charge in [0, 0.05) is 33.3 Å². The Hall–Kier alpha value is -4.31. The topological polar surface area (TPSA) is 99.1 Å². The fraction of sp³-hybridized carbons (Fsp3) is 0.278. The summed E-state index contributed by atoms with van der Waals surface area (Å²) < 4.78 is 0. The summed E-state index contributed by atoms with van der Waals surface area (Å²) >= 11 is 9.30. The molecule has 0 N–H and O–H groups in total. The van der Waals surface area contributed by atoms with Gasteiger partial charge in [0.1, 0.15) is 12.1 Å². The second-order valence-electron chi connectivity index (χ2n) is 11.5. The van der Waals surface area contributed by atoms with Gasteiger partial charge >= 0.3 is 0 Å². The van der Waals surface area contributed by atoms with Gasteiger partial charge < -0.3 is 0 Å². The number of terminal acetylenes is 1. The van der Waals surface area contributed by atoms with E-state index in [2.05, 4.69) is 95.7 Å². The van der Waals surface area contributed by atoms with Crippen LogP contribution in [0.2, 0.25) is 5.02 Å². The van der Waals surface area contributed by atoms with Gasteiger partial charge in [-0.2, -0.15) is 10.5 Å². The predicted molar refractivity (Wildman–Crippen MR) is 182 cm³/mol. The molecule has 0 fully saturated rings. The average Bonchev–Trinajstić information content (AvgIpc) is 3.05. The number of nitriles is 2. The summed E-state index contributed by atoms with van der Waals surface area (Å²) in [5.74, 6) is 11.6. The summed E-state index contributed by atoms with van der Waals surface area (Å²) in [6, 6.07) is 16.5. The van der Waals surface area contributed by atoms with Crippen molar-refractivity contribution in [2.24, 2.45) is 0 Å². The van der Waals surface area contributed by atoms with E-state index in [1.807, 2.05) is 35.7 Å². The van der Waals surface area contributed by atoms with Crippen LogP contribution in [0.3, 0.4) is 0 Å². The zero-order valence-electron chi connectivity index (χ0n) is 25.6. The summed E-state index contributed by atoms with van der Waals surface area (Å²) in [6.07, 6.45) is 13.8. The van der Waals surface area contributed by atoms with E-state index in [0.29, 0.717) is 10.6 Å². The molecule has 0 aliphatic carbocycles. The molecule has 6 rings (SSSR count). The molecule has 0 unspecified atom stereocenters. The predicted octanol–water partition coefficient (Wildman–Crippen LogP) is 7.96. The molecule has 2 aromatic heterocycles. The number of aromatic nitrogens is 4. The quantitative estimate of drug-likeness (QED) is 0.177. The van der Waals surface area contributed by atoms with Gasteiger partial charge in [-0.1, -0.05) is 57.1 Å². The third-order valence-corrected chi connectivity index (χ3v) is 9.72. The first kappa shape index (κ1) is 33.6. The molecule has 0 saturated carbocycles. The molecule has 0 radical (unpaired) electrons. The Morgan fingerprint density at radius 3 is 1.62 bits per heavy atom. The van der Waals surface area contributed by atoms with E-state index in [9.17, 15) is 0 Å². The molecule has 0 bridgehead atoms. The smallest absolute Gasteiger partial charge is 0.226 e. The van der Waals surface area contributed by atoms with Gasteiger partial charge in [-0.3, -0.25) is 0 Å². The van der Waals surface area contributed by atoms with E-state index in [0.717, 1.165) is 11.1 Å². The molecule has 0 saturated heterocycles. The molecule has 4 aromatic rings. The van der Waals surface area contributed by atoms with Crippen molar-refractivity contribution in [3.63, 3.8) is 0 Å². The molecule has 6 nitrogen and oxygen atoms in total. The Balaban J connectivity index is 0.000000171. The lowest BCUT2D eigenvalue weighted by Crippen LogP contribution is -2.22. The first-order chi connectivity index (χ1) is 21.5. The molecule has 224 valence electrons. The van der Waals surface area contributed by atoms with Crippen molar-refractivity contribution < 1.29 is 0 Å². The van der Waals surface area contributed by atoms with E-state index in [1.54, 1.807) is 18.5 Å². The van der Waals surface area contributed by atoms with Gasteiger partial charge in [-0.25, -0.2) is 19.9 Å². The van der Waals surface area contributed by atoms with Crippen molar-refractivity contribution in [1.82, 2.24) is 19.9 Å². The van der Waals surface area contributed by atoms with Crippen LogP contribution in [0.4, 0.5) is 0 Å². The zero-order chi connectivity index (χ0) is 32.5. The van der Waals surface area contributed by atoms with E-state index in [-0.39, 0.29) is 22.5 Å². The van der Waals surface area contributed by atoms with Crippen LogP contribution in [-0.2, 0) is 10.8 Å². The van der Waals surface area contributed by atoms with E-state index in [4.69, 9.17) is 28.5 Å². The van der Waals surface area contributed by atoms with E-state index >= 15 is 0 Å². The molecule has 0 amide bonds. The molecule has 2 aliphatic rings. The summed E-state index contributed by atoms with van der Waals surface area (Å²) in [6.45, 7) is 9.17. The fourth-order valence-corrected chi connectivity index (χ4v) is 7.68. The van der Waals surface area contributed by atoms with Crippen LogP contribution in [0, 0.1) is 46.8 Å². The number of thioether (sulfide) groups is 2. The molecule has 2 aromatic carbocycles. The van der Waals surface area contributed by atoms with Crippen LogP contribution in [0.1, 0.15) is 80.0 Å². The summed E-state index contributed by atoms with van der Waals surface area (Å²) in [5.41, 5.74) is 6.00. The maximum Gasteiger partial charge on any atom is 0.232 e. The first-order valence-corrected chi connectivity index (χ1v) is 16.5. The number of hydrogen-bond donors (Lipinski definition) is 0. The second kappa shape index (κ2) is 15.1. The van der Waals surface area contributed by atoms with Crippen molar-refractivity contribution in [3.8, 4) is 36.3 Å². The molecule has 0 spiro atoms. The van der Waals surface area contributed by atoms with Crippen LogP contribution in [0.15, 0.2) is 71.0 Å². The summed E-state index contributed by atoms with van der Waals surface area (Å²) in [4.78, 5) is 17.8. The molecular formula is C36H31ClN6S2. The Bertz CT molecular complexity index is 1850. The number of hydrogen-bond acceptors (Lipinski definition) is 8. The van der Waals surface area contributed by atoms with E-state index < -0.39 is 0 Å². The largest absolute Gasteiger partial charge is 0.232 e. The number of benzene rings is 2. The third kappa shape index (κ3) is 9.11. The zero-order valence-corrected chi connectivity index (χ0v) is 27.9. The molecular weight excluding hydrogens is 616 g/mol. The van der Waals surface area contributed by atoms with Gasteiger partial charge in [0.05, 0.1) is 23.0 Å². The van der Waals surface area contributed by atoms with Crippen LogP contribution < -0.4 is 0 Å². The highest BCUT2D eigenvalue weighted by Crippen LogP contribution is 2.42. The Morgan fingerprint density at radius 1 is 0.689 bits per heavy atom. The van der Waals surface area contributed by atoms with Gasteiger partial charge in [0.15, 0.2) is 0 Å². The third-order valence-electron chi connectivity index (χ3n) is 7.38. The van der Waals surface area contributed by atoms with Crippen LogP contribution in [0.5, 0.6) is 0 Å².